The Morgan fingerprint density at radius 2 is 2.47 bits per heavy atom. The summed E-state index contributed by atoms with van der Waals surface area (Å²) in [5.41, 5.74) is 0.998. The van der Waals surface area contributed by atoms with Crippen LogP contribution >= 0.6 is 0 Å². The van der Waals surface area contributed by atoms with Crippen LogP contribution in [0.25, 0.3) is 0 Å². The maximum absolute atomic E-state index is 11.5. The van der Waals surface area contributed by atoms with Crippen LogP contribution in [0.1, 0.15) is 12.0 Å². The number of carbonyl (C=O) groups excluding carboxylic acids is 2. The Morgan fingerprint density at radius 3 is 3.07 bits per heavy atom. The van der Waals surface area contributed by atoms with Crippen LogP contribution in [0.4, 0.5) is 0 Å². The Morgan fingerprint density at radius 1 is 1.60 bits per heavy atom. The van der Waals surface area contributed by atoms with Gasteiger partial charge in [-0.3, -0.25) is 9.78 Å². The van der Waals surface area contributed by atoms with Gasteiger partial charge in [0.1, 0.15) is 6.29 Å². The molecule has 0 aromatic carbocycles. The fraction of sp³-hybridized carbons (Fsp3) is 0.364. The molecule has 4 heteroatoms. The Balaban J connectivity index is 2.01. The van der Waals surface area contributed by atoms with Gasteiger partial charge in [0.2, 0.25) is 5.91 Å². The van der Waals surface area contributed by atoms with E-state index in [4.69, 9.17) is 0 Å². The van der Waals surface area contributed by atoms with Gasteiger partial charge in [-0.1, -0.05) is 6.07 Å². The molecule has 15 heavy (non-hydrogen) atoms. The summed E-state index contributed by atoms with van der Waals surface area (Å²) in [4.78, 5) is 27.7. The number of hydrogen-bond acceptors (Lipinski definition) is 3. The molecule has 1 fully saturated rings. The number of carbonyl (C=O) groups is 2. The van der Waals surface area contributed by atoms with E-state index in [0.717, 1.165) is 11.8 Å². The molecule has 2 heterocycles. The highest BCUT2D eigenvalue weighted by molar-refractivity contribution is 5.82. The van der Waals surface area contributed by atoms with Crippen molar-refractivity contribution in [2.75, 3.05) is 6.54 Å². The number of amides is 1. The Hall–Kier alpha value is -1.71. The van der Waals surface area contributed by atoms with Gasteiger partial charge in [0.15, 0.2) is 0 Å². The number of nitrogens with zero attached hydrogens (tertiary/aromatic N) is 2. The highest BCUT2D eigenvalue weighted by Gasteiger charge is 2.28. The molecule has 0 radical (unpaired) electrons. The summed E-state index contributed by atoms with van der Waals surface area (Å²) in [6, 6.07) is 3.77. The molecule has 4 nitrogen and oxygen atoms in total. The van der Waals surface area contributed by atoms with Gasteiger partial charge in [-0.25, -0.2) is 0 Å². The van der Waals surface area contributed by atoms with Crippen molar-refractivity contribution >= 4 is 12.2 Å². The van der Waals surface area contributed by atoms with Crippen molar-refractivity contribution in [1.29, 1.82) is 0 Å². The van der Waals surface area contributed by atoms with E-state index in [1.807, 2.05) is 12.1 Å². The summed E-state index contributed by atoms with van der Waals surface area (Å²) in [5.74, 6) is -0.0786. The molecule has 0 aliphatic carbocycles. The van der Waals surface area contributed by atoms with Gasteiger partial charge in [0.25, 0.3) is 0 Å². The molecular weight excluding hydrogens is 192 g/mol. The Bertz CT molecular complexity index is 364. The molecule has 0 unspecified atom stereocenters. The lowest BCUT2D eigenvalue weighted by Crippen LogP contribution is -2.24. The van der Waals surface area contributed by atoms with Crippen LogP contribution in [-0.4, -0.2) is 28.6 Å². The third-order valence-electron chi connectivity index (χ3n) is 2.53. The van der Waals surface area contributed by atoms with Crippen molar-refractivity contribution in [1.82, 2.24) is 9.88 Å². The number of pyridine rings is 1. The first-order valence-electron chi connectivity index (χ1n) is 4.91. The van der Waals surface area contributed by atoms with Crippen molar-refractivity contribution in [3.63, 3.8) is 0 Å². The molecular formula is C11H12N2O2. The van der Waals surface area contributed by atoms with Gasteiger partial charge < -0.3 is 9.69 Å². The fourth-order valence-electron chi connectivity index (χ4n) is 1.76. The zero-order valence-corrected chi connectivity index (χ0v) is 8.30. The van der Waals surface area contributed by atoms with Gasteiger partial charge in [0, 0.05) is 37.8 Å². The first-order chi connectivity index (χ1) is 7.29. The molecule has 1 atom stereocenters. The molecule has 1 aromatic rings. The van der Waals surface area contributed by atoms with Crippen LogP contribution in [0.5, 0.6) is 0 Å². The second-order valence-electron chi connectivity index (χ2n) is 3.74. The second kappa shape index (κ2) is 4.21. The van der Waals surface area contributed by atoms with Crippen LogP contribution in [0.15, 0.2) is 24.5 Å². The molecule has 0 bridgehead atoms. The lowest BCUT2D eigenvalue weighted by Gasteiger charge is -2.15. The standard InChI is InChI=1S/C11H12N2O2/c14-8-10-4-11(15)13(7-10)6-9-2-1-3-12-5-9/h1-3,5,8,10H,4,6-7H2/t10-/m1/s1. The van der Waals surface area contributed by atoms with Gasteiger partial charge in [-0.2, -0.15) is 0 Å². The summed E-state index contributed by atoms with van der Waals surface area (Å²) in [6.45, 7) is 1.09. The highest BCUT2D eigenvalue weighted by Crippen LogP contribution is 2.17. The fourth-order valence-corrected chi connectivity index (χ4v) is 1.76. The van der Waals surface area contributed by atoms with Crippen molar-refractivity contribution in [2.24, 2.45) is 5.92 Å². The first kappa shape index (κ1) is 9.83. The van der Waals surface area contributed by atoms with Crippen LogP contribution in [0.3, 0.4) is 0 Å². The monoisotopic (exact) mass is 204 g/mol. The third kappa shape index (κ3) is 2.21. The lowest BCUT2D eigenvalue weighted by molar-refractivity contribution is -0.128. The minimum atomic E-state index is -0.130. The summed E-state index contributed by atoms with van der Waals surface area (Å²) >= 11 is 0. The number of rotatable bonds is 3. The SMILES string of the molecule is O=C[C@@H]1CC(=O)N(Cc2cccnc2)C1. The summed E-state index contributed by atoms with van der Waals surface area (Å²) in [5, 5.41) is 0. The van der Waals surface area contributed by atoms with Crippen molar-refractivity contribution in [3.05, 3.63) is 30.1 Å². The van der Waals surface area contributed by atoms with E-state index in [0.29, 0.717) is 19.5 Å². The summed E-state index contributed by atoms with van der Waals surface area (Å²) < 4.78 is 0. The molecule has 2 rings (SSSR count). The molecule has 0 spiro atoms. The predicted molar refractivity (Wildman–Crippen MR) is 53.8 cm³/mol. The van der Waals surface area contributed by atoms with E-state index in [1.54, 1.807) is 17.3 Å². The van der Waals surface area contributed by atoms with Gasteiger partial charge >= 0.3 is 0 Å². The van der Waals surface area contributed by atoms with Crippen LogP contribution in [0, 0.1) is 5.92 Å². The largest absolute Gasteiger partial charge is 0.338 e. The van der Waals surface area contributed by atoms with Gasteiger partial charge in [-0.15, -0.1) is 0 Å². The minimum Gasteiger partial charge on any atom is -0.338 e. The summed E-state index contributed by atoms with van der Waals surface area (Å²) in [6.07, 6.45) is 4.65. The van der Waals surface area contributed by atoms with E-state index < -0.39 is 0 Å². The van der Waals surface area contributed by atoms with Crippen molar-refractivity contribution in [3.8, 4) is 0 Å². The highest BCUT2D eigenvalue weighted by atomic mass is 16.2. The van der Waals surface area contributed by atoms with Crippen molar-refractivity contribution < 1.29 is 9.59 Å². The number of hydrogen-bond donors (Lipinski definition) is 0. The minimum absolute atomic E-state index is 0.0518. The average molecular weight is 204 g/mol. The number of aldehydes is 1. The maximum atomic E-state index is 11.5. The van der Waals surface area contributed by atoms with Crippen LogP contribution in [-0.2, 0) is 16.1 Å². The predicted octanol–water partition coefficient (Wildman–Crippen LogP) is 0.629. The molecule has 1 saturated heterocycles. The smallest absolute Gasteiger partial charge is 0.223 e. The Kier molecular flexibility index (Phi) is 2.76. The van der Waals surface area contributed by atoms with E-state index >= 15 is 0 Å². The normalized spacial score (nSPS) is 20.7. The van der Waals surface area contributed by atoms with E-state index in [-0.39, 0.29) is 11.8 Å². The third-order valence-corrected chi connectivity index (χ3v) is 2.53. The molecule has 1 amide bonds. The van der Waals surface area contributed by atoms with E-state index in [9.17, 15) is 9.59 Å². The summed E-state index contributed by atoms with van der Waals surface area (Å²) in [7, 11) is 0. The number of aromatic nitrogens is 1. The lowest BCUT2D eigenvalue weighted by atomic mass is 10.1. The molecule has 1 aromatic heterocycles. The molecule has 1 aliphatic rings. The first-order valence-corrected chi connectivity index (χ1v) is 4.91. The van der Waals surface area contributed by atoms with Gasteiger partial charge in [-0.05, 0) is 11.6 Å². The Labute approximate surface area is 87.9 Å². The van der Waals surface area contributed by atoms with E-state index in [1.165, 1.54) is 0 Å². The maximum Gasteiger partial charge on any atom is 0.223 e. The second-order valence-corrected chi connectivity index (χ2v) is 3.74. The quantitative estimate of drug-likeness (QED) is 0.678. The topological polar surface area (TPSA) is 50.3 Å². The molecule has 1 aliphatic heterocycles. The van der Waals surface area contributed by atoms with Crippen molar-refractivity contribution in [2.45, 2.75) is 13.0 Å². The zero-order chi connectivity index (χ0) is 10.7. The zero-order valence-electron chi connectivity index (χ0n) is 8.30. The number of likely N-dealkylation sites (tertiary alicyclic amines) is 1. The van der Waals surface area contributed by atoms with Gasteiger partial charge in [0.05, 0.1) is 0 Å². The molecule has 78 valence electrons. The van der Waals surface area contributed by atoms with E-state index in [2.05, 4.69) is 4.98 Å². The average Bonchev–Trinajstić information content (AvgIpc) is 2.61. The van der Waals surface area contributed by atoms with Crippen LogP contribution < -0.4 is 0 Å². The molecule has 0 saturated carbocycles. The molecule has 0 N–H and O–H groups in total. The van der Waals surface area contributed by atoms with Crippen LogP contribution in [0.2, 0.25) is 0 Å².